The fourth-order valence-electron chi connectivity index (χ4n) is 2.39. The Bertz CT molecular complexity index is 760. The van der Waals surface area contributed by atoms with Crippen LogP contribution in [0.4, 0.5) is 5.82 Å². The molecule has 2 aromatic heterocycles. The van der Waals surface area contributed by atoms with Crippen LogP contribution < -0.4 is 5.73 Å². The molecule has 0 aliphatic carbocycles. The monoisotopic (exact) mass is 326 g/mol. The summed E-state index contributed by atoms with van der Waals surface area (Å²) in [5, 5.41) is 22.7. The van der Waals surface area contributed by atoms with Crippen LogP contribution in [0.2, 0.25) is 5.28 Å². The van der Waals surface area contributed by atoms with Crippen molar-refractivity contribution in [3.8, 4) is 0 Å². The van der Waals surface area contributed by atoms with E-state index in [4.69, 9.17) is 27.6 Å². The van der Waals surface area contributed by atoms with Crippen LogP contribution in [0.15, 0.2) is 11.4 Å². The van der Waals surface area contributed by atoms with Gasteiger partial charge in [0.05, 0.1) is 19.0 Å². The first-order chi connectivity index (χ1) is 10.6. The number of hydrogen-bond acceptors (Lipinski definition) is 8. The summed E-state index contributed by atoms with van der Waals surface area (Å²) in [6.45, 7) is -0.431. The molecule has 3 heterocycles. The Labute approximate surface area is 127 Å². The van der Waals surface area contributed by atoms with Gasteiger partial charge >= 0.3 is 0 Å². The predicted molar refractivity (Wildman–Crippen MR) is 74.7 cm³/mol. The van der Waals surface area contributed by atoms with Gasteiger partial charge in [-0.1, -0.05) is 5.11 Å². The van der Waals surface area contributed by atoms with Gasteiger partial charge in [0.25, 0.3) is 0 Å². The highest BCUT2D eigenvalue weighted by Gasteiger charge is 2.44. The second-order valence-corrected chi connectivity index (χ2v) is 4.97. The van der Waals surface area contributed by atoms with Gasteiger partial charge in [-0.05, 0) is 17.1 Å². The number of anilines is 1. The van der Waals surface area contributed by atoms with Gasteiger partial charge in [0.2, 0.25) is 5.28 Å². The first-order valence-electron chi connectivity index (χ1n) is 6.21. The summed E-state index contributed by atoms with van der Waals surface area (Å²) in [7, 11) is 0. The highest BCUT2D eigenvalue weighted by Crippen LogP contribution is 2.34. The number of aromatic nitrogens is 4. The van der Waals surface area contributed by atoms with Crippen LogP contribution in [0, 0.1) is 0 Å². The Morgan fingerprint density at radius 3 is 3.00 bits per heavy atom. The molecule has 1 aliphatic rings. The summed E-state index contributed by atoms with van der Waals surface area (Å²) >= 11 is 5.79. The third-order valence-corrected chi connectivity index (χ3v) is 3.57. The fourth-order valence-corrected chi connectivity index (χ4v) is 2.56. The molecule has 1 saturated heterocycles. The minimum atomic E-state index is -1.17. The summed E-state index contributed by atoms with van der Waals surface area (Å²) < 4.78 is 6.96. The standard InChI is InChI=1S/C10H11ClN8O3/c11-10-15-7(12)5-8(16-10)19(2-14-5)9-4(17-18-13)6(21)3(1-20)22-9/h2-4,6,9,20-21H,1H2,(H2,12,15,16)/t3-,4+,6-,9-/m1/s1. The molecule has 0 saturated carbocycles. The highest BCUT2D eigenvalue weighted by atomic mass is 35.5. The van der Waals surface area contributed by atoms with Crippen LogP contribution in [-0.2, 0) is 4.74 Å². The third kappa shape index (κ3) is 2.21. The van der Waals surface area contributed by atoms with Crippen molar-refractivity contribution in [3.05, 3.63) is 22.1 Å². The van der Waals surface area contributed by atoms with Gasteiger partial charge in [-0.2, -0.15) is 9.97 Å². The molecule has 4 N–H and O–H groups in total. The minimum Gasteiger partial charge on any atom is -0.394 e. The molecule has 2 aromatic rings. The van der Waals surface area contributed by atoms with Crippen LogP contribution in [-0.4, -0.2) is 54.6 Å². The van der Waals surface area contributed by atoms with Crippen LogP contribution in [0.1, 0.15) is 6.23 Å². The number of fused-ring (bicyclic) bond motifs is 1. The number of aliphatic hydroxyl groups is 2. The van der Waals surface area contributed by atoms with Gasteiger partial charge in [0, 0.05) is 4.91 Å². The maximum Gasteiger partial charge on any atom is 0.226 e. The Hall–Kier alpha value is -2.17. The molecule has 11 nitrogen and oxygen atoms in total. The van der Waals surface area contributed by atoms with Crippen molar-refractivity contribution in [2.75, 3.05) is 12.3 Å². The molecule has 0 aromatic carbocycles. The average Bonchev–Trinajstić information content (AvgIpc) is 3.02. The van der Waals surface area contributed by atoms with E-state index >= 15 is 0 Å². The van der Waals surface area contributed by atoms with Crippen LogP contribution in [0.5, 0.6) is 0 Å². The lowest BCUT2D eigenvalue weighted by Gasteiger charge is -2.17. The summed E-state index contributed by atoms with van der Waals surface area (Å²) in [6, 6.07) is -0.963. The second-order valence-electron chi connectivity index (χ2n) is 4.64. The number of hydrogen-bond donors (Lipinski definition) is 3. The van der Waals surface area contributed by atoms with Crippen molar-refractivity contribution in [3.63, 3.8) is 0 Å². The van der Waals surface area contributed by atoms with Gasteiger partial charge < -0.3 is 20.7 Å². The second kappa shape index (κ2) is 5.55. The Morgan fingerprint density at radius 2 is 2.32 bits per heavy atom. The largest absolute Gasteiger partial charge is 0.394 e. The zero-order valence-corrected chi connectivity index (χ0v) is 11.7. The Balaban J connectivity index is 2.11. The third-order valence-electron chi connectivity index (χ3n) is 3.40. The van der Waals surface area contributed by atoms with E-state index in [1.54, 1.807) is 0 Å². The van der Waals surface area contributed by atoms with E-state index in [0.717, 1.165) is 0 Å². The predicted octanol–water partition coefficient (Wildman–Crippen LogP) is -0.00860. The molecule has 0 amide bonds. The summed E-state index contributed by atoms with van der Waals surface area (Å²) in [6.07, 6.45) is -1.60. The minimum absolute atomic E-state index is 0.0793. The highest BCUT2D eigenvalue weighted by molar-refractivity contribution is 6.28. The molecule has 0 spiro atoms. The maximum absolute atomic E-state index is 10.1. The molecular weight excluding hydrogens is 316 g/mol. The van der Waals surface area contributed by atoms with Crippen molar-refractivity contribution < 1.29 is 14.9 Å². The number of nitrogen functional groups attached to an aromatic ring is 1. The first-order valence-corrected chi connectivity index (χ1v) is 6.58. The molecule has 3 rings (SSSR count). The average molecular weight is 327 g/mol. The molecule has 4 atom stereocenters. The zero-order chi connectivity index (χ0) is 15.9. The van der Waals surface area contributed by atoms with E-state index in [9.17, 15) is 10.2 Å². The molecule has 0 radical (unpaired) electrons. The van der Waals surface area contributed by atoms with Crippen molar-refractivity contribution in [1.29, 1.82) is 0 Å². The Kier molecular flexibility index (Phi) is 3.72. The van der Waals surface area contributed by atoms with Gasteiger partial charge in [-0.15, -0.1) is 0 Å². The fraction of sp³-hybridized carbons (Fsp3) is 0.500. The molecule has 22 heavy (non-hydrogen) atoms. The van der Waals surface area contributed by atoms with Crippen LogP contribution >= 0.6 is 11.6 Å². The molecule has 116 valence electrons. The number of halogens is 1. The van der Waals surface area contributed by atoms with E-state index in [0.29, 0.717) is 5.52 Å². The normalized spacial score (nSPS) is 28.0. The van der Waals surface area contributed by atoms with Crippen molar-refractivity contribution in [1.82, 2.24) is 19.5 Å². The lowest BCUT2D eigenvalue weighted by Crippen LogP contribution is -2.31. The van der Waals surface area contributed by atoms with E-state index in [2.05, 4.69) is 25.0 Å². The van der Waals surface area contributed by atoms with Crippen molar-refractivity contribution >= 4 is 28.6 Å². The zero-order valence-electron chi connectivity index (χ0n) is 11.0. The molecule has 12 heteroatoms. The van der Waals surface area contributed by atoms with Gasteiger partial charge in [-0.25, -0.2) is 4.98 Å². The lowest BCUT2D eigenvalue weighted by atomic mass is 10.1. The number of rotatable bonds is 3. The summed E-state index contributed by atoms with van der Waals surface area (Å²) in [5.41, 5.74) is 14.9. The Morgan fingerprint density at radius 1 is 1.55 bits per heavy atom. The molecular formula is C10H11ClN8O3. The summed E-state index contributed by atoms with van der Waals surface area (Å²) in [5.74, 6) is 0.0892. The van der Waals surface area contributed by atoms with E-state index in [1.807, 2.05) is 0 Å². The number of aliphatic hydroxyl groups excluding tert-OH is 2. The number of ether oxygens (including phenoxy) is 1. The molecule has 1 fully saturated rings. The maximum atomic E-state index is 10.1. The van der Waals surface area contributed by atoms with Gasteiger partial charge in [0.15, 0.2) is 11.5 Å². The molecule has 1 aliphatic heterocycles. The molecule has 0 unspecified atom stereocenters. The number of azide groups is 1. The number of nitrogens with zero attached hydrogens (tertiary/aromatic N) is 7. The topological polar surface area (TPSA) is 168 Å². The van der Waals surface area contributed by atoms with E-state index in [-0.39, 0.29) is 16.7 Å². The van der Waals surface area contributed by atoms with Gasteiger partial charge in [0.1, 0.15) is 23.9 Å². The van der Waals surface area contributed by atoms with Gasteiger partial charge in [-0.3, -0.25) is 4.57 Å². The molecule has 0 bridgehead atoms. The van der Waals surface area contributed by atoms with E-state index < -0.39 is 31.1 Å². The van der Waals surface area contributed by atoms with Crippen LogP contribution in [0.3, 0.4) is 0 Å². The smallest absolute Gasteiger partial charge is 0.226 e. The number of imidazole rings is 1. The van der Waals surface area contributed by atoms with Crippen LogP contribution in [0.25, 0.3) is 21.6 Å². The lowest BCUT2D eigenvalue weighted by molar-refractivity contribution is -0.0437. The van der Waals surface area contributed by atoms with E-state index in [1.165, 1.54) is 10.9 Å². The summed E-state index contributed by atoms with van der Waals surface area (Å²) in [4.78, 5) is 14.6. The van der Waals surface area contributed by atoms with Crippen molar-refractivity contribution in [2.24, 2.45) is 5.11 Å². The number of nitrogens with two attached hydrogens (primary N) is 1. The SMILES string of the molecule is [N-]=[N+]=N[C@H]1[C@H](O)[C@@H](CO)O[C@H]1n1cnc2c(N)nc(Cl)nc21. The quantitative estimate of drug-likeness (QED) is 0.308. The van der Waals surface area contributed by atoms with Crippen molar-refractivity contribution in [2.45, 2.75) is 24.5 Å². The first kappa shape index (κ1) is 14.8.